The van der Waals surface area contributed by atoms with Crippen molar-refractivity contribution in [1.82, 2.24) is 10.2 Å². The van der Waals surface area contributed by atoms with Gasteiger partial charge in [-0.15, -0.1) is 0 Å². The van der Waals surface area contributed by atoms with Crippen molar-refractivity contribution in [2.75, 3.05) is 19.7 Å². The fourth-order valence-corrected chi connectivity index (χ4v) is 2.43. The van der Waals surface area contributed by atoms with E-state index in [-0.39, 0.29) is 17.7 Å². The molecule has 0 unspecified atom stereocenters. The normalized spacial score (nSPS) is 13.2. The summed E-state index contributed by atoms with van der Waals surface area (Å²) < 4.78 is 5.57. The number of amides is 3. The first kappa shape index (κ1) is 19.4. The third-order valence-corrected chi connectivity index (χ3v) is 3.89. The predicted octanol–water partition coefficient (Wildman–Crippen LogP) is 1.66. The van der Waals surface area contributed by atoms with Crippen LogP contribution in [0.15, 0.2) is 36.4 Å². The van der Waals surface area contributed by atoms with Crippen LogP contribution in [0.1, 0.15) is 31.7 Å². The van der Waals surface area contributed by atoms with Gasteiger partial charge in [-0.2, -0.15) is 0 Å². The van der Waals surface area contributed by atoms with Gasteiger partial charge in [-0.1, -0.05) is 0 Å². The van der Waals surface area contributed by atoms with Crippen LogP contribution >= 0.6 is 0 Å². The Morgan fingerprint density at radius 2 is 1.77 bits per heavy atom. The van der Waals surface area contributed by atoms with Gasteiger partial charge >= 0.3 is 0 Å². The summed E-state index contributed by atoms with van der Waals surface area (Å²) in [5.74, 6) is 0.0223. The molecule has 0 aromatic heterocycles. The molecule has 0 atom stereocenters. The molecule has 0 saturated heterocycles. The fraction of sp³-hybridized carbons (Fsp3) is 0.368. The smallest absolute Gasteiger partial charge is 0.253 e. The number of rotatable bonds is 10. The standard InChI is InChI=1S/C19H23N3O4/c1-14(20)15-5-7-16(8-6-15)26-13-2-4-17(23)21-11-3-12-22-18(24)9-10-19(22)25/h5-10,20H,2-4,11-13H2,1H3,(H,21,23). The largest absolute Gasteiger partial charge is 0.494 e. The number of nitrogens with one attached hydrogen (secondary N) is 2. The minimum absolute atomic E-state index is 0.0828. The van der Waals surface area contributed by atoms with E-state index in [2.05, 4.69) is 5.32 Å². The maximum absolute atomic E-state index is 11.7. The van der Waals surface area contributed by atoms with Gasteiger partial charge in [0, 0.05) is 37.4 Å². The average molecular weight is 357 g/mol. The van der Waals surface area contributed by atoms with Crippen molar-refractivity contribution in [3.8, 4) is 5.75 Å². The Morgan fingerprint density at radius 3 is 2.38 bits per heavy atom. The van der Waals surface area contributed by atoms with Gasteiger partial charge < -0.3 is 15.5 Å². The molecule has 0 bridgehead atoms. The Hall–Kier alpha value is -2.96. The average Bonchev–Trinajstić information content (AvgIpc) is 2.94. The van der Waals surface area contributed by atoms with E-state index in [1.807, 2.05) is 24.3 Å². The van der Waals surface area contributed by atoms with E-state index in [1.54, 1.807) is 6.92 Å². The third-order valence-electron chi connectivity index (χ3n) is 3.89. The lowest BCUT2D eigenvalue weighted by molar-refractivity contribution is -0.136. The third kappa shape index (κ3) is 5.84. The van der Waals surface area contributed by atoms with E-state index in [0.29, 0.717) is 50.4 Å². The molecule has 7 nitrogen and oxygen atoms in total. The Bertz CT molecular complexity index is 692. The number of benzene rings is 1. The lowest BCUT2D eigenvalue weighted by Crippen LogP contribution is -2.33. The van der Waals surface area contributed by atoms with Crippen LogP contribution in [-0.2, 0) is 14.4 Å². The molecule has 1 aromatic rings. The van der Waals surface area contributed by atoms with E-state index in [4.69, 9.17) is 10.1 Å². The zero-order valence-electron chi connectivity index (χ0n) is 14.8. The Morgan fingerprint density at radius 1 is 1.12 bits per heavy atom. The van der Waals surface area contributed by atoms with Crippen LogP contribution < -0.4 is 10.1 Å². The molecule has 1 aliphatic heterocycles. The van der Waals surface area contributed by atoms with Crippen molar-refractivity contribution in [2.45, 2.75) is 26.2 Å². The summed E-state index contributed by atoms with van der Waals surface area (Å²) in [7, 11) is 0. The first-order valence-electron chi connectivity index (χ1n) is 8.56. The molecule has 0 fully saturated rings. The van der Waals surface area contributed by atoms with Gasteiger partial charge in [-0.05, 0) is 49.6 Å². The highest BCUT2D eigenvalue weighted by molar-refractivity contribution is 6.12. The SMILES string of the molecule is CC(=N)c1ccc(OCCCC(=O)NCCCN2C(=O)C=CC2=O)cc1. The van der Waals surface area contributed by atoms with Gasteiger partial charge in [0.05, 0.1) is 6.61 Å². The summed E-state index contributed by atoms with van der Waals surface area (Å²) in [6.45, 7) is 2.88. The van der Waals surface area contributed by atoms with E-state index < -0.39 is 0 Å². The highest BCUT2D eigenvalue weighted by Gasteiger charge is 2.22. The fourth-order valence-electron chi connectivity index (χ4n) is 2.43. The van der Waals surface area contributed by atoms with E-state index in [0.717, 1.165) is 10.5 Å². The van der Waals surface area contributed by atoms with E-state index >= 15 is 0 Å². The Balaban J connectivity index is 1.54. The monoisotopic (exact) mass is 357 g/mol. The van der Waals surface area contributed by atoms with Crippen molar-refractivity contribution < 1.29 is 19.1 Å². The summed E-state index contributed by atoms with van der Waals surface area (Å²) in [6.07, 6.45) is 3.97. The Labute approximate surface area is 152 Å². The van der Waals surface area contributed by atoms with Crippen molar-refractivity contribution >= 4 is 23.4 Å². The van der Waals surface area contributed by atoms with Gasteiger partial charge in [0.15, 0.2) is 0 Å². The molecule has 0 spiro atoms. The predicted molar refractivity (Wildman–Crippen MR) is 97.2 cm³/mol. The second kappa shape index (κ2) is 9.50. The second-order valence-corrected chi connectivity index (χ2v) is 5.97. The highest BCUT2D eigenvalue weighted by Crippen LogP contribution is 2.13. The van der Waals surface area contributed by atoms with Crippen LogP contribution in [0, 0.1) is 5.41 Å². The molecule has 138 valence electrons. The molecule has 1 aromatic carbocycles. The number of hydrogen-bond donors (Lipinski definition) is 2. The summed E-state index contributed by atoms with van der Waals surface area (Å²) in [6, 6.07) is 7.28. The maximum Gasteiger partial charge on any atom is 0.253 e. The summed E-state index contributed by atoms with van der Waals surface area (Å²) in [4.78, 5) is 35.6. The molecular weight excluding hydrogens is 334 g/mol. The van der Waals surface area contributed by atoms with Crippen LogP contribution in [0.2, 0.25) is 0 Å². The maximum atomic E-state index is 11.7. The van der Waals surface area contributed by atoms with Crippen LogP contribution in [0.3, 0.4) is 0 Å². The lowest BCUT2D eigenvalue weighted by Gasteiger charge is -2.13. The minimum atomic E-state index is -0.303. The number of hydrogen-bond acceptors (Lipinski definition) is 5. The van der Waals surface area contributed by atoms with Gasteiger partial charge in [0.1, 0.15) is 5.75 Å². The molecule has 1 aliphatic rings. The van der Waals surface area contributed by atoms with Crippen molar-refractivity contribution in [1.29, 1.82) is 5.41 Å². The molecule has 7 heteroatoms. The molecule has 2 rings (SSSR count). The van der Waals surface area contributed by atoms with E-state index in [1.165, 1.54) is 12.2 Å². The first-order chi connectivity index (χ1) is 12.5. The van der Waals surface area contributed by atoms with Crippen LogP contribution in [0.25, 0.3) is 0 Å². The van der Waals surface area contributed by atoms with Crippen LogP contribution in [-0.4, -0.2) is 48.0 Å². The van der Waals surface area contributed by atoms with Gasteiger partial charge in [0.25, 0.3) is 11.8 Å². The number of imide groups is 1. The van der Waals surface area contributed by atoms with Gasteiger partial charge in [-0.25, -0.2) is 0 Å². The summed E-state index contributed by atoms with van der Waals surface area (Å²) in [5.41, 5.74) is 1.35. The lowest BCUT2D eigenvalue weighted by atomic mass is 10.1. The molecule has 2 N–H and O–H groups in total. The molecule has 1 heterocycles. The van der Waals surface area contributed by atoms with Crippen LogP contribution in [0.5, 0.6) is 5.75 Å². The molecule has 26 heavy (non-hydrogen) atoms. The van der Waals surface area contributed by atoms with Crippen molar-refractivity contribution in [3.05, 3.63) is 42.0 Å². The zero-order chi connectivity index (χ0) is 18.9. The topological polar surface area (TPSA) is 99.6 Å². The Kier molecular flexibility index (Phi) is 7.08. The van der Waals surface area contributed by atoms with Crippen LogP contribution in [0.4, 0.5) is 0 Å². The van der Waals surface area contributed by atoms with E-state index in [9.17, 15) is 14.4 Å². The second-order valence-electron chi connectivity index (χ2n) is 5.97. The molecule has 3 amide bonds. The van der Waals surface area contributed by atoms with Crippen molar-refractivity contribution in [2.24, 2.45) is 0 Å². The quantitative estimate of drug-likeness (QED) is 0.378. The molecule has 0 radical (unpaired) electrons. The van der Waals surface area contributed by atoms with Gasteiger partial charge in [-0.3, -0.25) is 19.3 Å². The van der Waals surface area contributed by atoms with Crippen molar-refractivity contribution in [3.63, 3.8) is 0 Å². The minimum Gasteiger partial charge on any atom is -0.494 e. The molecular formula is C19H23N3O4. The highest BCUT2D eigenvalue weighted by atomic mass is 16.5. The zero-order valence-corrected chi connectivity index (χ0v) is 14.8. The summed E-state index contributed by atoms with van der Waals surface area (Å²) in [5, 5.41) is 10.3. The number of carbonyl (C=O) groups excluding carboxylic acids is 3. The molecule has 0 aliphatic carbocycles. The number of nitrogens with zero attached hydrogens (tertiary/aromatic N) is 1. The number of carbonyl (C=O) groups is 3. The van der Waals surface area contributed by atoms with Gasteiger partial charge in [0.2, 0.25) is 5.91 Å². The summed E-state index contributed by atoms with van der Waals surface area (Å²) >= 11 is 0. The molecule has 0 saturated carbocycles. The first-order valence-corrected chi connectivity index (χ1v) is 8.56. The number of ether oxygens (including phenoxy) is 1.